The monoisotopic (exact) mass is 281 g/mol. The van der Waals surface area contributed by atoms with E-state index in [1.165, 1.54) is 5.56 Å². The molecule has 1 fully saturated rings. The molecule has 2 rings (SSSR count). The molecule has 1 saturated heterocycles. The molecule has 0 saturated carbocycles. The average Bonchev–Trinajstić information content (AvgIpc) is 2.69. The Labute approximate surface area is 120 Å². The minimum atomic E-state index is 0.889. The van der Waals surface area contributed by atoms with Gasteiger partial charge in [-0.25, -0.2) is 0 Å². The highest BCUT2D eigenvalue weighted by atomic mass is 32.1. The van der Waals surface area contributed by atoms with Gasteiger partial charge in [0.05, 0.1) is 5.69 Å². The predicted octanol–water partition coefficient (Wildman–Crippen LogP) is 0.741. The van der Waals surface area contributed by atoms with E-state index in [9.17, 15) is 0 Å². The number of piperazine rings is 1. The molecule has 5 nitrogen and oxygen atoms in total. The summed E-state index contributed by atoms with van der Waals surface area (Å²) in [5.41, 5.74) is 2.46. The van der Waals surface area contributed by atoms with Crippen LogP contribution in [0.3, 0.4) is 0 Å². The van der Waals surface area contributed by atoms with Gasteiger partial charge in [0.1, 0.15) is 0 Å². The fraction of sp³-hybridized carbons (Fsp3) is 0.692. The van der Waals surface area contributed by atoms with Gasteiger partial charge >= 0.3 is 0 Å². The van der Waals surface area contributed by atoms with Gasteiger partial charge in [-0.2, -0.15) is 5.10 Å². The fourth-order valence-corrected chi connectivity index (χ4v) is 2.74. The van der Waals surface area contributed by atoms with Gasteiger partial charge in [-0.15, -0.1) is 0 Å². The number of aromatic nitrogens is 2. The van der Waals surface area contributed by atoms with Crippen LogP contribution in [0.1, 0.15) is 18.2 Å². The first-order valence-corrected chi connectivity index (χ1v) is 7.25. The minimum Gasteiger partial charge on any atom is -0.363 e. The summed E-state index contributed by atoms with van der Waals surface area (Å²) < 4.78 is 1.89. The lowest BCUT2D eigenvalue weighted by Gasteiger charge is -2.36. The molecule has 1 aliphatic heterocycles. The van der Waals surface area contributed by atoms with Crippen LogP contribution < -0.4 is 5.32 Å². The van der Waals surface area contributed by atoms with Crippen molar-refractivity contribution in [3.05, 3.63) is 17.5 Å². The lowest BCUT2D eigenvalue weighted by Crippen LogP contribution is -2.51. The third-order valence-corrected chi connectivity index (χ3v) is 3.90. The summed E-state index contributed by atoms with van der Waals surface area (Å²) in [5, 5.41) is 8.50. The van der Waals surface area contributed by atoms with Gasteiger partial charge in [0.2, 0.25) is 0 Å². The normalized spacial score (nSPS) is 16.7. The van der Waals surface area contributed by atoms with E-state index in [0.29, 0.717) is 0 Å². The lowest BCUT2D eigenvalue weighted by atomic mass is 10.2. The second-order valence-corrected chi connectivity index (χ2v) is 5.40. The van der Waals surface area contributed by atoms with E-state index < -0.39 is 0 Å². The summed E-state index contributed by atoms with van der Waals surface area (Å²) in [7, 11) is 1.98. The molecule has 0 aliphatic carbocycles. The molecule has 0 atom stereocenters. The number of aryl methyl sites for hydroxylation is 2. The van der Waals surface area contributed by atoms with E-state index in [2.05, 4.69) is 40.3 Å². The number of nitrogens with one attached hydrogen (secondary N) is 1. The molecule has 1 aliphatic rings. The Hall–Kier alpha value is -1.14. The molecule has 0 radical (unpaired) electrons. The smallest absolute Gasteiger partial charge is 0.169 e. The quantitative estimate of drug-likeness (QED) is 0.827. The molecule has 1 aromatic rings. The van der Waals surface area contributed by atoms with E-state index in [1.54, 1.807) is 0 Å². The summed E-state index contributed by atoms with van der Waals surface area (Å²) >= 11 is 5.35. The Morgan fingerprint density at radius 1 is 1.37 bits per heavy atom. The summed E-state index contributed by atoms with van der Waals surface area (Å²) in [6, 6.07) is 0. The van der Waals surface area contributed by atoms with Gasteiger partial charge in [-0.05, 0) is 26.1 Å². The van der Waals surface area contributed by atoms with Gasteiger partial charge in [0.15, 0.2) is 5.11 Å². The molecule has 0 bridgehead atoms. The summed E-state index contributed by atoms with van der Waals surface area (Å²) in [5.74, 6) is 0. The molecular formula is C13H23N5S. The largest absolute Gasteiger partial charge is 0.363 e. The van der Waals surface area contributed by atoms with Crippen LogP contribution in [0.25, 0.3) is 0 Å². The number of hydrogen-bond donors (Lipinski definition) is 1. The third-order valence-electron chi connectivity index (χ3n) is 3.50. The molecule has 6 heteroatoms. The van der Waals surface area contributed by atoms with Crippen molar-refractivity contribution in [1.29, 1.82) is 0 Å². The highest BCUT2D eigenvalue weighted by Crippen LogP contribution is 2.11. The first kappa shape index (κ1) is 14.3. The molecule has 19 heavy (non-hydrogen) atoms. The van der Waals surface area contributed by atoms with Crippen molar-refractivity contribution in [1.82, 2.24) is 24.9 Å². The van der Waals surface area contributed by atoms with E-state index in [-0.39, 0.29) is 0 Å². The minimum absolute atomic E-state index is 0.889. The molecular weight excluding hydrogens is 258 g/mol. The standard InChI is InChI=1S/C13H23N5S/c1-4-14-13(19)18-7-5-17(6-8-18)10-12-9-16(3)15-11(12)2/h9H,4-8,10H2,1-3H3,(H,14,19). The molecule has 0 aromatic carbocycles. The van der Waals surface area contributed by atoms with E-state index in [1.807, 2.05) is 11.7 Å². The fourth-order valence-electron chi connectivity index (χ4n) is 2.42. The SMILES string of the molecule is CCNC(=S)N1CCN(Cc2cn(C)nc2C)CC1. The second-order valence-electron chi connectivity index (χ2n) is 5.01. The van der Waals surface area contributed by atoms with Crippen LogP contribution in [0.15, 0.2) is 6.20 Å². The topological polar surface area (TPSA) is 36.3 Å². The average molecular weight is 281 g/mol. The summed E-state index contributed by atoms with van der Waals surface area (Å²) in [6.45, 7) is 10.2. The van der Waals surface area contributed by atoms with Crippen LogP contribution in [0.4, 0.5) is 0 Å². The van der Waals surface area contributed by atoms with Crippen LogP contribution in [0, 0.1) is 6.92 Å². The Morgan fingerprint density at radius 3 is 2.58 bits per heavy atom. The van der Waals surface area contributed by atoms with E-state index in [0.717, 1.165) is 50.1 Å². The van der Waals surface area contributed by atoms with Crippen LogP contribution in [0.5, 0.6) is 0 Å². The van der Waals surface area contributed by atoms with Crippen LogP contribution in [-0.2, 0) is 13.6 Å². The van der Waals surface area contributed by atoms with Gasteiger partial charge in [0.25, 0.3) is 0 Å². The number of nitrogens with zero attached hydrogens (tertiary/aromatic N) is 4. The second kappa shape index (κ2) is 6.34. The van der Waals surface area contributed by atoms with Crippen molar-refractivity contribution >= 4 is 17.3 Å². The van der Waals surface area contributed by atoms with Gasteiger partial charge in [0, 0.05) is 58.1 Å². The molecule has 106 valence electrons. The highest BCUT2D eigenvalue weighted by molar-refractivity contribution is 7.80. The Morgan fingerprint density at radius 2 is 2.05 bits per heavy atom. The van der Waals surface area contributed by atoms with Crippen LogP contribution in [0.2, 0.25) is 0 Å². The molecule has 0 unspecified atom stereocenters. The number of thiocarbonyl (C=S) groups is 1. The van der Waals surface area contributed by atoms with Crippen molar-refractivity contribution in [2.45, 2.75) is 20.4 Å². The van der Waals surface area contributed by atoms with Crippen LogP contribution >= 0.6 is 12.2 Å². The molecule has 0 spiro atoms. The zero-order valence-corrected chi connectivity index (χ0v) is 12.8. The van der Waals surface area contributed by atoms with Gasteiger partial charge in [-0.1, -0.05) is 0 Å². The maximum absolute atomic E-state index is 5.35. The van der Waals surface area contributed by atoms with Gasteiger partial charge in [-0.3, -0.25) is 9.58 Å². The van der Waals surface area contributed by atoms with Crippen molar-refractivity contribution < 1.29 is 0 Å². The highest BCUT2D eigenvalue weighted by Gasteiger charge is 2.19. The van der Waals surface area contributed by atoms with Crippen molar-refractivity contribution in [2.75, 3.05) is 32.7 Å². The number of hydrogen-bond acceptors (Lipinski definition) is 3. The van der Waals surface area contributed by atoms with E-state index >= 15 is 0 Å². The summed E-state index contributed by atoms with van der Waals surface area (Å²) in [6.07, 6.45) is 2.12. The molecule has 1 aromatic heterocycles. The molecule has 1 N–H and O–H groups in total. The molecule has 0 amide bonds. The van der Waals surface area contributed by atoms with Crippen molar-refractivity contribution in [2.24, 2.45) is 7.05 Å². The summed E-state index contributed by atoms with van der Waals surface area (Å²) in [4.78, 5) is 4.72. The van der Waals surface area contributed by atoms with Crippen molar-refractivity contribution in [3.63, 3.8) is 0 Å². The zero-order chi connectivity index (χ0) is 13.8. The first-order valence-electron chi connectivity index (χ1n) is 6.84. The maximum atomic E-state index is 5.35. The first-order chi connectivity index (χ1) is 9.10. The maximum Gasteiger partial charge on any atom is 0.169 e. The Bertz CT molecular complexity index is 434. The van der Waals surface area contributed by atoms with Crippen molar-refractivity contribution in [3.8, 4) is 0 Å². The third kappa shape index (κ3) is 3.67. The Balaban J connectivity index is 1.83. The lowest BCUT2D eigenvalue weighted by molar-refractivity contribution is 0.174. The Kier molecular flexibility index (Phi) is 4.76. The predicted molar refractivity (Wildman–Crippen MR) is 81.1 cm³/mol. The zero-order valence-electron chi connectivity index (χ0n) is 12.0. The van der Waals surface area contributed by atoms with E-state index in [4.69, 9.17) is 12.2 Å². The van der Waals surface area contributed by atoms with Crippen LogP contribution in [-0.4, -0.2) is 57.4 Å². The van der Waals surface area contributed by atoms with Gasteiger partial charge < -0.3 is 10.2 Å². The molecule has 2 heterocycles. The number of rotatable bonds is 3.